The van der Waals surface area contributed by atoms with Crippen LogP contribution in [0.15, 0.2) is 101 Å². The minimum atomic E-state index is -0.398. The highest BCUT2D eigenvalue weighted by molar-refractivity contribution is 5.95. The van der Waals surface area contributed by atoms with Gasteiger partial charge in [-0.05, 0) is 41.8 Å². The first-order chi connectivity index (χ1) is 14.7. The summed E-state index contributed by atoms with van der Waals surface area (Å²) < 4.78 is 0. The number of carbonyl (C=O) groups is 1. The molecule has 0 aliphatic heterocycles. The van der Waals surface area contributed by atoms with Crippen molar-refractivity contribution in [2.45, 2.75) is 0 Å². The highest BCUT2D eigenvalue weighted by Gasteiger charge is 2.04. The van der Waals surface area contributed by atoms with E-state index in [1.807, 2.05) is 42.5 Å². The number of nitrogens with one attached hydrogen (secondary N) is 1. The van der Waals surface area contributed by atoms with E-state index < -0.39 is 5.91 Å². The first-order valence-electron chi connectivity index (χ1n) is 9.17. The predicted octanol–water partition coefficient (Wildman–Crippen LogP) is 5.12. The number of hydrogen-bond acceptors (Lipinski definition) is 6. The Morgan fingerprint density at radius 2 is 1.83 bits per heavy atom. The molecule has 146 valence electrons. The summed E-state index contributed by atoms with van der Waals surface area (Å²) in [6.45, 7) is 0. The molecule has 1 aromatic heterocycles. The zero-order valence-electron chi connectivity index (χ0n) is 15.8. The average Bonchev–Trinajstić information content (AvgIpc) is 2.80. The zero-order chi connectivity index (χ0) is 20.8. The van der Waals surface area contributed by atoms with E-state index in [1.54, 1.807) is 30.5 Å². The fourth-order valence-electron chi connectivity index (χ4n) is 2.84. The van der Waals surface area contributed by atoms with Gasteiger partial charge in [0, 0.05) is 23.3 Å². The van der Waals surface area contributed by atoms with Crippen LogP contribution in [0.25, 0.3) is 10.8 Å². The second-order valence-corrected chi connectivity index (χ2v) is 6.38. The fourth-order valence-corrected chi connectivity index (χ4v) is 2.84. The van der Waals surface area contributed by atoms with Crippen molar-refractivity contribution in [2.24, 2.45) is 15.3 Å². The molecule has 0 saturated carbocycles. The van der Waals surface area contributed by atoms with Gasteiger partial charge in [0.15, 0.2) is 0 Å². The molecule has 3 aromatic carbocycles. The molecule has 0 unspecified atom stereocenters. The van der Waals surface area contributed by atoms with Crippen LogP contribution >= 0.6 is 0 Å². The Hall–Kier alpha value is -4.39. The Bertz CT molecular complexity index is 1250. The molecule has 0 aliphatic carbocycles. The summed E-state index contributed by atoms with van der Waals surface area (Å²) in [5, 5.41) is 24.7. The van der Waals surface area contributed by atoms with Gasteiger partial charge in [-0.1, -0.05) is 36.4 Å². The van der Waals surface area contributed by atoms with Gasteiger partial charge in [-0.25, -0.2) is 5.43 Å². The maximum Gasteiger partial charge on any atom is 0.272 e. The average molecular weight is 395 g/mol. The molecule has 0 saturated heterocycles. The van der Waals surface area contributed by atoms with Gasteiger partial charge in [-0.15, -0.1) is 5.11 Å². The van der Waals surface area contributed by atoms with E-state index in [2.05, 4.69) is 25.7 Å². The molecule has 4 aromatic rings. The van der Waals surface area contributed by atoms with E-state index in [0.717, 1.165) is 16.5 Å². The number of aromatic hydroxyl groups is 1. The highest BCUT2D eigenvalue weighted by Crippen LogP contribution is 2.28. The number of phenols is 1. The molecule has 30 heavy (non-hydrogen) atoms. The van der Waals surface area contributed by atoms with Gasteiger partial charge in [0.1, 0.15) is 5.75 Å². The molecule has 0 spiro atoms. The summed E-state index contributed by atoms with van der Waals surface area (Å²) in [7, 11) is 0. The number of pyridine rings is 1. The summed E-state index contributed by atoms with van der Waals surface area (Å²) in [5.74, 6) is -0.385. The van der Waals surface area contributed by atoms with Crippen molar-refractivity contribution in [3.63, 3.8) is 0 Å². The SMILES string of the molecule is O=C(N/N=C/c1cc(N=Nc2cccc3ccccc23)ccc1O)c1cccnc1. The lowest BCUT2D eigenvalue weighted by Gasteiger charge is -2.02. The van der Waals surface area contributed by atoms with Crippen molar-refractivity contribution in [3.8, 4) is 5.75 Å². The molecule has 1 heterocycles. The van der Waals surface area contributed by atoms with Crippen LogP contribution in [0.2, 0.25) is 0 Å². The van der Waals surface area contributed by atoms with Crippen LogP contribution in [0.1, 0.15) is 15.9 Å². The molecule has 0 radical (unpaired) electrons. The van der Waals surface area contributed by atoms with Crippen molar-refractivity contribution < 1.29 is 9.90 Å². The van der Waals surface area contributed by atoms with Gasteiger partial charge >= 0.3 is 0 Å². The van der Waals surface area contributed by atoms with Crippen LogP contribution < -0.4 is 5.43 Å². The van der Waals surface area contributed by atoms with Crippen LogP contribution in [0.3, 0.4) is 0 Å². The first-order valence-corrected chi connectivity index (χ1v) is 9.17. The third kappa shape index (κ3) is 4.36. The molecule has 1 amide bonds. The maximum atomic E-state index is 12.0. The van der Waals surface area contributed by atoms with E-state index in [4.69, 9.17) is 0 Å². The number of azo groups is 1. The summed E-state index contributed by atoms with van der Waals surface area (Å²) in [5.41, 5.74) is 4.47. The van der Waals surface area contributed by atoms with E-state index in [0.29, 0.717) is 16.8 Å². The molecule has 0 fully saturated rings. The van der Waals surface area contributed by atoms with Crippen molar-refractivity contribution in [2.75, 3.05) is 0 Å². The lowest BCUT2D eigenvalue weighted by molar-refractivity contribution is 0.0954. The van der Waals surface area contributed by atoms with E-state index >= 15 is 0 Å². The second-order valence-electron chi connectivity index (χ2n) is 6.38. The van der Waals surface area contributed by atoms with Gasteiger partial charge in [0.25, 0.3) is 5.91 Å². The third-order valence-electron chi connectivity index (χ3n) is 4.34. The molecular weight excluding hydrogens is 378 g/mol. The number of aromatic nitrogens is 1. The van der Waals surface area contributed by atoms with Gasteiger partial charge in [-0.2, -0.15) is 10.2 Å². The van der Waals surface area contributed by atoms with Crippen molar-refractivity contribution in [1.29, 1.82) is 0 Å². The predicted molar refractivity (Wildman–Crippen MR) is 116 cm³/mol. The molecule has 2 N–H and O–H groups in total. The Morgan fingerprint density at radius 1 is 0.967 bits per heavy atom. The number of rotatable bonds is 5. The number of carbonyl (C=O) groups excluding carboxylic acids is 1. The van der Waals surface area contributed by atoms with Gasteiger partial charge in [0.2, 0.25) is 0 Å². The van der Waals surface area contributed by atoms with Crippen LogP contribution in [0, 0.1) is 0 Å². The normalized spacial score (nSPS) is 11.3. The Labute approximate surface area is 172 Å². The highest BCUT2D eigenvalue weighted by atomic mass is 16.3. The van der Waals surface area contributed by atoms with E-state index in [-0.39, 0.29) is 5.75 Å². The number of hydrazone groups is 1. The number of amides is 1. The molecular formula is C23H17N5O2. The Morgan fingerprint density at radius 3 is 2.70 bits per heavy atom. The summed E-state index contributed by atoms with van der Waals surface area (Å²) in [6.07, 6.45) is 4.37. The molecule has 0 aliphatic rings. The quantitative estimate of drug-likeness (QED) is 0.279. The van der Waals surface area contributed by atoms with Crippen LogP contribution in [-0.2, 0) is 0 Å². The summed E-state index contributed by atoms with van der Waals surface area (Å²) >= 11 is 0. The minimum Gasteiger partial charge on any atom is -0.507 e. The van der Waals surface area contributed by atoms with E-state index in [9.17, 15) is 9.90 Å². The number of benzene rings is 3. The minimum absolute atomic E-state index is 0.0125. The second kappa shape index (κ2) is 8.74. The van der Waals surface area contributed by atoms with Crippen LogP contribution in [0.5, 0.6) is 5.75 Å². The maximum absolute atomic E-state index is 12.0. The number of fused-ring (bicyclic) bond motifs is 1. The first kappa shape index (κ1) is 18.9. The molecule has 7 heteroatoms. The van der Waals surface area contributed by atoms with Crippen molar-refractivity contribution >= 4 is 34.3 Å². The lowest BCUT2D eigenvalue weighted by Crippen LogP contribution is -2.17. The fraction of sp³-hybridized carbons (Fsp3) is 0. The standard InChI is InChI=1S/C23H17N5O2/c29-22-11-10-19(26-27-21-9-3-6-16-5-1-2-8-20(16)21)13-18(22)15-25-28-23(30)17-7-4-12-24-14-17/h1-15,29H,(H,28,30)/b25-15+,27-26?. The summed E-state index contributed by atoms with van der Waals surface area (Å²) in [4.78, 5) is 15.9. The zero-order valence-corrected chi connectivity index (χ0v) is 15.8. The molecule has 0 atom stereocenters. The van der Waals surface area contributed by atoms with Crippen molar-refractivity contribution in [3.05, 3.63) is 96.3 Å². The van der Waals surface area contributed by atoms with Crippen LogP contribution in [0.4, 0.5) is 11.4 Å². The van der Waals surface area contributed by atoms with Gasteiger partial charge in [-0.3, -0.25) is 9.78 Å². The number of nitrogens with zero attached hydrogens (tertiary/aromatic N) is 4. The molecule has 4 rings (SSSR count). The van der Waals surface area contributed by atoms with Gasteiger partial charge < -0.3 is 5.11 Å². The summed E-state index contributed by atoms with van der Waals surface area (Å²) in [6, 6.07) is 21.8. The number of hydrogen-bond donors (Lipinski definition) is 2. The molecule has 0 bridgehead atoms. The van der Waals surface area contributed by atoms with Crippen molar-refractivity contribution in [1.82, 2.24) is 10.4 Å². The Kier molecular flexibility index (Phi) is 5.52. The third-order valence-corrected chi connectivity index (χ3v) is 4.34. The van der Waals surface area contributed by atoms with E-state index in [1.165, 1.54) is 18.5 Å². The largest absolute Gasteiger partial charge is 0.507 e. The Balaban J connectivity index is 1.51. The number of phenolic OH excluding ortho intramolecular Hbond substituents is 1. The molecule has 7 nitrogen and oxygen atoms in total. The van der Waals surface area contributed by atoms with Crippen LogP contribution in [-0.4, -0.2) is 22.2 Å². The van der Waals surface area contributed by atoms with Gasteiger partial charge in [0.05, 0.1) is 23.2 Å². The topological polar surface area (TPSA) is 99.3 Å². The monoisotopic (exact) mass is 395 g/mol. The smallest absolute Gasteiger partial charge is 0.272 e. The lowest BCUT2D eigenvalue weighted by atomic mass is 10.1.